The van der Waals surface area contributed by atoms with Crippen molar-refractivity contribution in [2.45, 2.75) is 43.2 Å². The van der Waals surface area contributed by atoms with Crippen LogP contribution in [0.3, 0.4) is 0 Å². The van der Waals surface area contributed by atoms with E-state index in [0.29, 0.717) is 0 Å². The zero-order valence-corrected chi connectivity index (χ0v) is 18.6. The zero-order valence-electron chi connectivity index (χ0n) is 17.8. The fourth-order valence-electron chi connectivity index (χ4n) is 3.46. The highest BCUT2D eigenvalue weighted by Gasteiger charge is 2.39. The van der Waals surface area contributed by atoms with E-state index in [1.54, 1.807) is 0 Å². The topological polar surface area (TPSA) is 99.0 Å². The molecule has 13 heteroatoms. The second kappa shape index (κ2) is 8.84. The summed E-state index contributed by atoms with van der Waals surface area (Å²) in [5, 5.41) is 2.50. The van der Waals surface area contributed by atoms with E-state index in [1.807, 2.05) is 0 Å². The Morgan fingerprint density at radius 1 is 1.21 bits per heavy atom. The highest BCUT2D eigenvalue weighted by Crippen LogP contribution is 2.34. The van der Waals surface area contributed by atoms with Crippen LogP contribution in [0.4, 0.5) is 33.5 Å². The smallest absolute Gasteiger partial charge is 0.356 e. The van der Waals surface area contributed by atoms with Crippen LogP contribution in [0.1, 0.15) is 41.1 Å². The Morgan fingerprint density at radius 3 is 2.55 bits per heavy atom. The van der Waals surface area contributed by atoms with Crippen LogP contribution in [0, 0.1) is 11.7 Å². The number of benzene rings is 1. The second-order valence-corrected chi connectivity index (χ2v) is 10.0. The number of aryl methyl sites for hydroxylation is 1. The van der Waals surface area contributed by atoms with Gasteiger partial charge in [0.1, 0.15) is 11.4 Å². The molecule has 1 aromatic heterocycles. The summed E-state index contributed by atoms with van der Waals surface area (Å²) in [6.07, 6.45) is -4.69. The molecule has 1 aromatic carbocycles. The third kappa shape index (κ3) is 5.95. The molecule has 1 atom stereocenters. The molecule has 0 bridgehead atoms. The molecule has 1 amide bonds. The van der Waals surface area contributed by atoms with Crippen molar-refractivity contribution in [3.63, 3.8) is 0 Å². The fraction of sp³-hybridized carbons (Fsp3) is 0.450. The van der Waals surface area contributed by atoms with Gasteiger partial charge >= 0.3 is 6.18 Å². The van der Waals surface area contributed by atoms with Crippen molar-refractivity contribution >= 4 is 27.1 Å². The minimum absolute atomic E-state index is 0.00412. The molecule has 2 heterocycles. The number of alkyl halides is 5. The number of carbonyl (C=O) groups is 1. The van der Waals surface area contributed by atoms with E-state index >= 15 is 0 Å². The van der Waals surface area contributed by atoms with E-state index in [-0.39, 0.29) is 47.2 Å². The van der Waals surface area contributed by atoms with Gasteiger partial charge in [0.2, 0.25) is 11.7 Å². The SMILES string of the molecule is Cc1nc(C(F)(F)F)nc(N2CCCC(F)(F)CC2)c1C(=O)Nc1cccc(S(C)(=N)=O)c1. The summed E-state index contributed by atoms with van der Waals surface area (Å²) >= 11 is 0. The fourth-order valence-corrected chi connectivity index (χ4v) is 4.15. The van der Waals surface area contributed by atoms with Crippen LogP contribution in [-0.4, -0.2) is 45.4 Å². The first-order valence-corrected chi connectivity index (χ1v) is 11.9. The Hall–Kier alpha value is -2.83. The number of amides is 1. The lowest BCUT2D eigenvalue weighted by Gasteiger charge is -2.25. The Balaban J connectivity index is 2.04. The molecule has 7 nitrogen and oxygen atoms in total. The van der Waals surface area contributed by atoms with Crippen molar-refractivity contribution in [1.29, 1.82) is 4.78 Å². The van der Waals surface area contributed by atoms with Crippen LogP contribution < -0.4 is 10.2 Å². The van der Waals surface area contributed by atoms with Gasteiger partial charge in [0.15, 0.2) is 0 Å². The van der Waals surface area contributed by atoms with Crippen molar-refractivity contribution in [3.05, 3.63) is 41.3 Å². The molecule has 2 N–H and O–H groups in total. The maximum absolute atomic E-state index is 13.8. The number of hydrogen-bond acceptors (Lipinski definition) is 6. The van der Waals surface area contributed by atoms with E-state index in [4.69, 9.17) is 4.78 Å². The third-order valence-corrected chi connectivity index (χ3v) is 6.26. The Morgan fingerprint density at radius 2 is 1.91 bits per heavy atom. The molecule has 1 fully saturated rings. The third-order valence-electron chi connectivity index (χ3n) is 5.11. The normalized spacial score (nSPS) is 18.3. The molecule has 0 aliphatic carbocycles. The predicted molar refractivity (Wildman–Crippen MR) is 112 cm³/mol. The van der Waals surface area contributed by atoms with Gasteiger partial charge in [-0.05, 0) is 31.5 Å². The number of carbonyl (C=O) groups excluding carboxylic acids is 1. The minimum Gasteiger partial charge on any atom is -0.356 e. The van der Waals surface area contributed by atoms with Crippen molar-refractivity contribution < 1.29 is 31.0 Å². The Labute approximate surface area is 187 Å². The van der Waals surface area contributed by atoms with Crippen molar-refractivity contribution in [3.8, 4) is 0 Å². The van der Waals surface area contributed by atoms with Gasteiger partial charge in [-0.15, -0.1) is 0 Å². The molecule has 0 saturated carbocycles. The molecule has 1 aliphatic rings. The molecular formula is C20H22F5N5O2S. The quantitative estimate of drug-likeness (QED) is 0.604. The first-order chi connectivity index (χ1) is 15.2. The number of nitrogens with one attached hydrogen (secondary N) is 2. The lowest BCUT2D eigenvalue weighted by molar-refractivity contribution is -0.145. The number of rotatable bonds is 4. The number of anilines is 2. The van der Waals surface area contributed by atoms with Crippen LogP contribution in [0.15, 0.2) is 29.2 Å². The average molecular weight is 491 g/mol. The molecule has 0 radical (unpaired) electrons. The van der Waals surface area contributed by atoms with Crippen LogP contribution in [0.2, 0.25) is 0 Å². The maximum atomic E-state index is 13.8. The number of nitrogens with zero attached hydrogens (tertiary/aromatic N) is 3. The largest absolute Gasteiger partial charge is 0.451 e. The molecule has 33 heavy (non-hydrogen) atoms. The summed E-state index contributed by atoms with van der Waals surface area (Å²) in [6.45, 7) is 0.921. The lowest BCUT2D eigenvalue weighted by Crippen LogP contribution is -2.31. The summed E-state index contributed by atoms with van der Waals surface area (Å²) in [5.41, 5.74) is -0.384. The molecule has 2 aromatic rings. The van der Waals surface area contributed by atoms with Gasteiger partial charge in [0.25, 0.3) is 5.91 Å². The zero-order chi connectivity index (χ0) is 24.6. The second-order valence-electron chi connectivity index (χ2n) is 7.85. The van der Waals surface area contributed by atoms with Crippen molar-refractivity contribution in [1.82, 2.24) is 9.97 Å². The number of hydrogen-bond donors (Lipinski definition) is 2. The number of aromatic nitrogens is 2. The molecule has 1 unspecified atom stereocenters. The van der Waals surface area contributed by atoms with E-state index in [2.05, 4.69) is 15.3 Å². The lowest BCUT2D eigenvalue weighted by atomic mass is 10.1. The van der Waals surface area contributed by atoms with Crippen molar-refractivity contribution in [2.24, 2.45) is 0 Å². The maximum Gasteiger partial charge on any atom is 0.451 e. The van der Waals surface area contributed by atoms with E-state index in [1.165, 1.54) is 42.3 Å². The molecular weight excluding hydrogens is 469 g/mol. The first kappa shape index (κ1) is 24.8. The molecule has 0 spiro atoms. The van der Waals surface area contributed by atoms with Crippen molar-refractivity contribution in [2.75, 3.05) is 29.6 Å². The predicted octanol–water partition coefficient (Wildman–Crippen LogP) is 4.72. The molecule has 1 aliphatic heterocycles. The minimum atomic E-state index is -4.89. The van der Waals surface area contributed by atoms with Gasteiger partial charge in [0.05, 0.1) is 15.4 Å². The van der Waals surface area contributed by atoms with Gasteiger partial charge in [-0.1, -0.05) is 6.07 Å². The standard InChI is InChI=1S/C20H22F5N5O2S/c1-12-15(17(31)28-13-5-3-6-14(11-13)33(2,26)32)16(29-18(27-12)20(23,24)25)30-9-4-7-19(21,22)8-10-30/h3,5-6,11,26H,4,7-10H2,1-2H3,(H,28,31). The first-order valence-electron chi connectivity index (χ1n) is 9.91. The Bertz CT molecular complexity index is 1170. The van der Waals surface area contributed by atoms with Gasteiger partial charge < -0.3 is 10.2 Å². The summed E-state index contributed by atoms with van der Waals surface area (Å²) < 4.78 is 87.3. The molecule has 180 valence electrons. The monoisotopic (exact) mass is 491 g/mol. The van der Waals surface area contributed by atoms with Gasteiger partial charge in [-0.2, -0.15) is 13.2 Å². The van der Waals surface area contributed by atoms with Crippen LogP contribution in [0.5, 0.6) is 0 Å². The van der Waals surface area contributed by atoms with E-state index < -0.39 is 46.4 Å². The average Bonchev–Trinajstić information content (AvgIpc) is 2.86. The van der Waals surface area contributed by atoms with Crippen LogP contribution in [0.25, 0.3) is 0 Å². The van der Waals surface area contributed by atoms with E-state index in [0.717, 1.165) is 0 Å². The van der Waals surface area contributed by atoms with Crippen LogP contribution in [-0.2, 0) is 15.9 Å². The van der Waals surface area contributed by atoms with E-state index in [9.17, 15) is 31.0 Å². The highest BCUT2D eigenvalue weighted by atomic mass is 32.2. The molecule has 3 rings (SSSR count). The summed E-state index contributed by atoms with van der Waals surface area (Å²) in [4.78, 5) is 21.4. The van der Waals surface area contributed by atoms with Crippen LogP contribution >= 0.6 is 0 Å². The van der Waals surface area contributed by atoms with Gasteiger partial charge in [-0.3, -0.25) is 4.79 Å². The molecule has 1 saturated heterocycles. The summed E-state index contributed by atoms with van der Waals surface area (Å²) in [5.74, 6) is -5.65. The highest BCUT2D eigenvalue weighted by molar-refractivity contribution is 7.91. The summed E-state index contributed by atoms with van der Waals surface area (Å²) in [6, 6.07) is 5.69. The van der Waals surface area contributed by atoms with Gasteiger partial charge in [0, 0.05) is 42.8 Å². The number of halogens is 5. The summed E-state index contributed by atoms with van der Waals surface area (Å²) in [7, 11) is -3.08. The Kier molecular flexibility index (Phi) is 6.65. The van der Waals surface area contributed by atoms with Gasteiger partial charge in [-0.25, -0.2) is 27.7 Å².